The van der Waals surface area contributed by atoms with E-state index >= 15 is 0 Å². The summed E-state index contributed by atoms with van der Waals surface area (Å²) in [7, 11) is 0. The molecule has 0 atom stereocenters. The summed E-state index contributed by atoms with van der Waals surface area (Å²) in [6.45, 7) is 10.5. The fourth-order valence-corrected chi connectivity index (χ4v) is 1.03. The summed E-state index contributed by atoms with van der Waals surface area (Å²) in [4.78, 5) is 15.8. The zero-order valence-electron chi connectivity index (χ0n) is 11.1. The van der Waals surface area contributed by atoms with Crippen LogP contribution in [-0.2, 0) is 14.4 Å². The molecule has 4 heteroatoms. The van der Waals surface area contributed by atoms with E-state index in [1.807, 2.05) is 19.1 Å². The lowest BCUT2D eigenvalue weighted by atomic mass is 10.2. The molecule has 4 nitrogen and oxygen atoms in total. The van der Waals surface area contributed by atoms with Gasteiger partial charge in [0.15, 0.2) is 5.76 Å². The quantitative estimate of drug-likeness (QED) is 0.191. The Morgan fingerprint density at radius 2 is 2.00 bits per heavy atom. The summed E-state index contributed by atoms with van der Waals surface area (Å²) in [5, 5.41) is 0. The van der Waals surface area contributed by atoms with Gasteiger partial charge in [0.25, 0.3) is 0 Å². The number of esters is 1. The lowest BCUT2D eigenvalue weighted by molar-refractivity contribution is -0.136. The number of carbonyl (C=O) groups is 1. The third kappa shape index (κ3) is 9.07. The van der Waals surface area contributed by atoms with Crippen LogP contribution in [-0.4, -0.2) is 5.97 Å². The molecule has 0 saturated heterocycles. The smallest absolute Gasteiger partial charge is 0.308 e. The molecular formula is C15H17NO3. The van der Waals surface area contributed by atoms with Gasteiger partial charge in [-0.2, -0.15) is 5.48 Å². The molecule has 0 aliphatic carbocycles. The Morgan fingerprint density at radius 3 is 2.53 bits per heavy atom. The molecule has 0 aromatic carbocycles. The first kappa shape index (κ1) is 16.3. The first-order valence-electron chi connectivity index (χ1n) is 5.45. The second-order valence-electron chi connectivity index (χ2n) is 3.36. The number of ether oxygens (including phenoxy) is 1. The molecule has 19 heavy (non-hydrogen) atoms. The van der Waals surface area contributed by atoms with Crippen molar-refractivity contribution in [2.45, 2.75) is 13.8 Å². The van der Waals surface area contributed by atoms with Crippen molar-refractivity contribution >= 4 is 5.97 Å². The van der Waals surface area contributed by atoms with Crippen LogP contribution in [0.1, 0.15) is 13.8 Å². The number of hydrogen-bond acceptors (Lipinski definition) is 4. The molecule has 0 fully saturated rings. The van der Waals surface area contributed by atoms with E-state index in [1.165, 1.54) is 13.0 Å². The van der Waals surface area contributed by atoms with Gasteiger partial charge in [-0.15, -0.1) is 0 Å². The lowest BCUT2D eigenvalue weighted by Crippen LogP contribution is -2.06. The van der Waals surface area contributed by atoms with E-state index in [4.69, 9.17) is 16.0 Å². The van der Waals surface area contributed by atoms with Crippen molar-refractivity contribution in [3.63, 3.8) is 0 Å². The molecule has 0 bridgehead atoms. The van der Waals surface area contributed by atoms with Crippen molar-refractivity contribution in [1.82, 2.24) is 5.48 Å². The Bertz CT molecular complexity index is 476. The molecule has 100 valence electrons. The van der Waals surface area contributed by atoms with Crippen LogP contribution in [0.25, 0.3) is 0 Å². The van der Waals surface area contributed by atoms with E-state index in [0.717, 1.165) is 5.57 Å². The van der Waals surface area contributed by atoms with Gasteiger partial charge in [0, 0.05) is 19.0 Å². The molecule has 0 amide bonds. The topological polar surface area (TPSA) is 47.6 Å². The van der Waals surface area contributed by atoms with Gasteiger partial charge in [-0.25, -0.2) is 0 Å². The maximum atomic E-state index is 10.8. The minimum atomic E-state index is -0.465. The van der Waals surface area contributed by atoms with Crippen LogP contribution in [0.5, 0.6) is 0 Å². The summed E-state index contributed by atoms with van der Waals surface area (Å²) in [6, 6.07) is 2.10. The summed E-state index contributed by atoms with van der Waals surface area (Å²) in [5.41, 5.74) is 3.02. The van der Waals surface area contributed by atoms with Crippen LogP contribution in [0.2, 0.25) is 0 Å². The SMILES string of the molecule is C#CNOC(/C=C\C(=C)/C=C\C)=C/C(=C)OC(C)=O. The van der Waals surface area contributed by atoms with Gasteiger partial charge in [0.1, 0.15) is 5.76 Å². The largest absolute Gasteiger partial charge is 0.427 e. The second-order valence-corrected chi connectivity index (χ2v) is 3.36. The first-order valence-corrected chi connectivity index (χ1v) is 5.45. The Hall–Kier alpha value is -2.67. The van der Waals surface area contributed by atoms with E-state index in [0.29, 0.717) is 5.76 Å². The van der Waals surface area contributed by atoms with Crippen molar-refractivity contribution in [1.29, 1.82) is 0 Å². The van der Waals surface area contributed by atoms with Gasteiger partial charge in [0.2, 0.25) is 0 Å². The fraction of sp³-hybridized carbons (Fsp3) is 0.133. The number of terminal acetylenes is 1. The second kappa shape index (κ2) is 9.37. The Kier molecular flexibility index (Phi) is 8.05. The van der Waals surface area contributed by atoms with E-state index in [9.17, 15) is 4.79 Å². The van der Waals surface area contributed by atoms with E-state index < -0.39 is 5.97 Å². The van der Waals surface area contributed by atoms with Crippen molar-refractivity contribution in [3.8, 4) is 12.5 Å². The third-order valence-electron chi connectivity index (χ3n) is 1.65. The number of hydroxylamine groups is 1. The van der Waals surface area contributed by atoms with Crippen LogP contribution in [0.4, 0.5) is 0 Å². The Morgan fingerprint density at radius 1 is 1.32 bits per heavy atom. The molecule has 0 aromatic rings. The highest BCUT2D eigenvalue weighted by Crippen LogP contribution is 2.07. The van der Waals surface area contributed by atoms with Crippen molar-refractivity contribution in [2.24, 2.45) is 0 Å². The minimum absolute atomic E-state index is 0.141. The molecule has 1 N–H and O–H groups in total. The molecule has 0 saturated carbocycles. The van der Waals surface area contributed by atoms with Crippen molar-refractivity contribution < 1.29 is 14.4 Å². The summed E-state index contributed by atoms with van der Waals surface area (Å²) >= 11 is 0. The van der Waals surface area contributed by atoms with Crippen LogP contribution in [0.15, 0.2) is 60.6 Å². The number of carbonyl (C=O) groups excluding carboxylic acids is 1. The molecule has 0 rings (SSSR count). The Balaban J connectivity index is 4.85. The predicted molar refractivity (Wildman–Crippen MR) is 75.1 cm³/mol. The molecule has 0 aliphatic rings. The first-order chi connectivity index (χ1) is 8.99. The highest BCUT2D eigenvalue weighted by molar-refractivity contribution is 5.67. The average molecular weight is 259 g/mol. The average Bonchev–Trinajstić information content (AvgIpc) is 2.32. The molecular weight excluding hydrogens is 242 g/mol. The normalized spacial score (nSPS) is 11.1. The highest BCUT2D eigenvalue weighted by Gasteiger charge is 1.99. The maximum Gasteiger partial charge on any atom is 0.308 e. The summed E-state index contributed by atoms with van der Waals surface area (Å²) in [6.07, 6.45) is 13.4. The van der Waals surface area contributed by atoms with Crippen LogP contribution >= 0.6 is 0 Å². The van der Waals surface area contributed by atoms with Gasteiger partial charge in [-0.1, -0.05) is 37.8 Å². The molecule has 0 radical (unpaired) electrons. The van der Waals surface area contributed by atoms with Gasteiger partial charge in [0.05, 0.1) is 0 Å². The van der Waals surface area contributed by atoms with Gasteiger partial charge < -0.3 is 9.57 Å². The van der Waals surface area contributed by atoms with Gasteiger partial charge in [-0.05, 0) is 18.6 Å². The summed E-state index contributed by atoms with van der Waals surface area (Å²) in [5.74, 6) is 0.00489. The molecule has 0 unspecified atom stereocenters. The molecule has 0 spiro atoms. The zero-order valence-corrected chi connectivity index (χ0v) is 11.1. The number of rotatable bonds is 7. The van der Waals surface area contributed by atoms with Crippen LogP contribution in [0, 0.1) is 12.5 Å². The lowest BCUT2D eigenvalue weighted by Gasteiger charge is -2.05. The predicted octanol–water partition coefficient (Wildman–Crippen LogP) is 2.75. The summed E-state index contributed by atoms with van der Waals surface area (Å²) < 4.78 is 4.78. The van der Waals surface area contributed by atoms with Crippen LogP contribution in [0.3, 0.4) is 0 Å². The van der Waals surface area contributed by atoms with E-state index in [1.54, 1.807) is 12.2 Å². The maximum absolute atomic E-state index is 10.8. The van der Waals surface area contributed by atoms with Crippen molar-refractivity contribution in [2.75, 3.05) is 0 Å². The highest BCUT2D eigenvalue weighted by atomic mass is 16.6. The van der Waals surface area contributed by atoms with E-state index in [-0.39, 0.29) is 5.76 Å². The zero-order chi connectivity index (χ0) is 14.7. The number of allylic oxidation sites excluding steroid dienone is 6. The van der Waals surface area contributed by atoms with Crippen molar-refractivity contribution in [3.05, 3.63) is 60.6 Å². The fourth-order valence-electron chi connectivity index (χ4n) is 1.03. The van der Waals surface area contributed by atoms with Gasteiger partial charge in [-0.3, -0.25) is 4.79 Å². The van der Waals surface area contributed by atoms with Crippen LogP contribution < -0.4 is 5.48 Å². The monoisotopic (exact) mass is 259 g/mol. The molecule has 0 aliphatic heterocycles. The standard InChI is InChI=1S/C15H17NO3/c1-6-8-12(3)9-10-15(19-16-7-2)11-13(4)18-14(5)17/h2,6,8-11,16H,3-4H2,1,5H3/b8-6-,10-9-,15-11+. The minimum Gasteiger partial charge on any atom is -0.427 e. The Labute approximate surface area is 113 Å². The molecule has 0 aromatic heterocycles. The molecule has 0 heterocycles. The third-order valence-corrected chi connectivity index (χ3v) is 1.65. The number of hydrogen-bond donors (Lipinski definition) is 1. The van der Waals surface area contributed by atoms with Gasteiger partial charge >= 0.3 is 5.97 Å². The van der Waals surface area contributed by atoms with E-state index in [2.05, 4.69) is 24.7 Å². The number of nitrogens with one attached hydrogen (secondary N) is 1.